The molecule has 2 aromatic carbocycles. The van der Waals surface area contributed by atoms with Crippen LogP contribution in [-0.4, -0.2) is 139 Å². The van der Waals surface area contributed by atoms with Crippen molar-refractivity contribution in [2.45, 2.75) is 67.3 Å². The number of hydrogen-bond acceptors (Lipinski definition) is 14. The van der Waals surface area contributed by atoms with Crippen LogP contribution in [0.2, 0.25) is 0 Å². The molecule has 0 amide bonds. The third kappa shape index (κ3) is 7.18. The van der Waals surface area contributed by atoms with E-state index in [2.05, 4.69) is 0 Å². The van der Waals surface area contributed by atoms with Gasteiger partial charge in [0, 0.05) is 12.0 Å². The highest BCUT2D eigenvalue weighted by molar-refractivity contribution is 7.82. The van der Waals surface area contributed by atoms with Gasteiger partial charge in [-0.05, 0) is 11.1 Å². The molecule has 0 bridgehead atoms. The van der Waals surface area contributed by atoms with Crippen molar-refractivity contribution in [3.63, 3.8) is 0 Å². The largest absolute Gasteiger partial charge is 0.394 e. The summed E-state index contributed by atoms with van der Waals surface area (Å²) in [5.41, 5.74) is -0.528. The number of Topliss-reactive ketones (excluding diaryl/α,β-unsaturated/α-hetero) is 1. The Morgan fingerprint density at radius 2 is 1.47 bits per heavy atom. The molecule has 2 unspecified atom stereocenters. The van der Waals surface area contributed by atoms with Crippen LogP contribution in [0.1, 0.15) is 16.8 Å². The lowest BCUT2D eigenvalue weighted by molar-refractivity contribution is -0.381. The summed E-state index contributed by atoms with van der Waals surface area (Å²) in [6, 6.07) is 16.2. The number of hydrogen-bond donors (Lipinski definition) is 8. The Bertz CT molecular complexity index is 1230. The van der Waals surface area contributed by atoms with Gasteiger partial charge >= 0.3 is 0 Å². The Labute approximate surface area is 252 Å². The van der Waals surface area contributed by atoms with E-state index >= 15 is 0 Å². The first-order valence-electron chi connectivity index (χ1n) is 13.6. The third-order valence-corrected chi connectivity index (χ3v) is 7.92. The maximum absolute atomic E-state index is 13.2. The van der Waals surface area contributed by atoms with Gasteiger partial charge < -0.3 is 59.8 Å². The first-order valence-corrected chi connectivity index (χ1v) is 14.0. The zero-order valence-electron chi connectivity index (χ0n) is 23.0. The third-order valence-electron chi connectivity index (χ3n) is 7.61. The highest BCUT2D eigenvalue weighted by atomic mass is 32.1. The minimum absolute atomic E-state index is 0.0506. The van der Waals surface area contributed by atoms with Crippen LogP contribution >= 0.6 is 12.2 Å². The maximum atomic E-state index is 13.2. The van der Waals surface area contributed by atoms with E-state index in [1.165, 1.54) is 0 Å². The molecule has 2 heterocycles. The quantitative estimate of drug-likeness (QED) is 0.0751. The Morgan fingerprint density at radius 1 is 0.837 bits per heavy atom. The molecule has 13 nitrogen and oxygen atoms in total. The predicted molar refractivity (Wildman–Crippen MR) is 152 cm³/mol. The fraction of sp³-hybridized carbons (Fsp3) is 0.517. The summed E-state index contributed by atoms with van der Waals surface area (Å²) in [4.78, 5) is 13.1. The molecule has 8 N–H and O–H groups in total. The Kier molecular flexibility index (Phi) is 11.5. The highest BCUT2D eigenvalue weighted by Crippen LogP contribution is 2.36. The average molecular weight is 625 g/mol. The molecule has 0 spiro atoms. The topological polar surface area (TPSA) is 216 Å². The van der Waals surface area contributed by atoms with Crippen molar-refractivity contribution in [3.05, 3.63) is 60.2 Å². The van der Waals surface area contributed by atoms with Gasteiger partial charge in [0.15, 0.2) is 12.6 Å². The Hall–Kier alpha value is -2.28. The summed E-state index contributed by atoms with van der Waals surface area (Å²) in [5.74, 6) is -0.431. The van der Waals surface area contributed by atoms with Crippen LogP contribution in [0.4, 0.5) is 0 Å². The van der Waals surface area contributed by atoms with Crippen LogP contribution in [-0.2, 0) is 18.9 Å². The van der Waals surface area contributed by atoms with Crippen LogP contribution in [0.5, 0.6) is 0 Å². The molecule has 14 heteroatoms. The lowest BCUT2D eigenvalue weighted by atomic mass is 9.83. The number of benzene rings is 2. The van der Waals surface area contributed by atoms with Gasteiger partial charge in [0.1, 0.15) is 48.3 Å². The second kappa shape index (κ2) is 14.7. The molecule has 43 heavy (non-hydrogen) atoms. The van der Waals surface area contributed by atoms with Crippen LogP contribution in [0, 0.1) is 0 Å². The van der Waals surface area contributed by atoms with E-state index in [0.29, 0.717) is 11.1 Å². The predicted octanol–water partition coefficient (Wildman–Crippen LogP) is -1.70. The van der Waals surface area contributed by atoms with E-state index < -0.39 is 86.3 Å². The minimum atomic E-state index is -2.42. The van der Waals surface area contributed by atoms with E-state index in [1.54, 1.807) is 24.3 Å². The lowest BCUT2D eigenvalue weighted by Gasteiger charge is -2.50. The summed E-state index contributed by atoms with van der Waals surface area (Å²) >= 11 is 5.31. The SMILES string of the molecule is O=C(C(=S)COCC[C@]1(O)C(O)O[C@H](CO)[C@H](O)[C@@H]1OC1O[C@H](CO)[C@H](O)[C@H](O)[C@H]1O)c1ccccc1-c1ccccc1. The van der Waals surface area contributed by atoms with Crippen LogP contribution in [0.25, 0.3) is 11.1 Å². The smallest absolute Gasteiger partial charge is 0.202 e. The number of carbonyl (C=O) groups excluding carboxylic acids is 1. The number of rotatable bonds is 12. The van der Waals surface area contributed by atoms with E-state index in [1.807, 2.05) is 30.3 Å². The molecule has 2 fully saturated rings. The molecule has 2 aromatic rings. The van der Waals surface area contributed by atoms with Crippen LogP contribution in [0.15, 0.2) is 54.6 Å². The fourth-order valence-electron chi connectivity index (χ4n) is 5.10. The summed E-state index contributed by atoms with van der Waals surface area (Å²) in [6.45, 7) is -2.17. The van der Waals surface area contributed by atoms with E-state index in [4.69, 9.17) is 31.2 Å². The monoisotopic (exact) mass is 624 g/mol. The van der Waals surface area contributed by atoms with Crippen molar-refractivity contribution in [3.8, 4) is 11.1 Å². The number of thiocarbonyl (C=S) groups is 1. The van der Waals surface area contributed by atoms with Gasteiger partial charge in [-0.2, -0.15) is 0 Å². The number of aliphatic hydroxyl groups is 8. The summed E-state index contributed by atoms with van der Waals surface area (Å²) in [6.07, 6.45) is -16.0. The van der Waals surface area contributed by atoms with Crippen LogP contribution in [0.3, 0.4) is 0 Å². The normalized spacial score (nSPS) is 34.6. The molecule has 236 valence electrons. The lowest BCUT2D eigenvalue weighted by Crippen LogP contribution is -2.70. The summed E-state index contributed by atoms with van der Waals surface area (Å²) in [7, 11) is 0. The average Bonchev–Trinajstić information content (AvgIpc) is 3.03. The first kappa shape index (κ1) is 33.6. The van der Waals surface area contributed by atoms with Crippen LogP contribution < -0.4 is 0 Å². The molecule has 4 rings (SSSR count). The minimum Gasteiger partial charge on any atom is -0.394 e. The standard InChI is InChI=1S/C29H36O13S/c30-12-18-22(33)24(35)25(36)27(40-18)42-26-23(34)19(13-31)41-28(37)29(26,38)10-11-39-14-20(43)21(32)17-9-5-4-8-16(17)15-6-2-1-3-7-15/h1-9,18-19,22-28,30-31,33-38H,10-14H2/t18-,19-,22+,23+,24+,25-,26+,27?,28?,29-/m1/s1. The molecule has 0 radical (unpaired) electrons. The Morgan fingerprint density at radius 3 is 2.14 bits per heavy atom. The van der Waals surface area contributed by atoms with Crippen molar-refractivity contribution < 1.29 is 64.6 Å². The summed E-state index contributed by atoms with van der Waals surface area (Å²) in [5, 5.41) is 82.5. The molecule has 0 aromatic heterocycles. The second-order valence-electron chi connectivity index (χ2n) is 10.4. The zero-order valence-corrected chi connectivity index (χ0v) is 23.8. The van der Waals surface area contributed by atoms with Gasteiger partial charge in [0.2, 0.25) is 5.78 Å². The number of ketones is 1. The second-order valence-corrected chi connectivity index (χ2v) is 10.9. The number of ether oxygens (including phenoxy) is 4. The van der Waals surface area contributed by atoms with Crippen molar-refractivity contribution in [2.24, 2.45) is 0 Å². The molecule has 2 aliphatic heterocycles. The molecular weight excluding hydrogens is 588 g/mol. The molecular formula is C29H36O13S. The fourth-order valence-corrected chi connectivity index (χ4v) is 5.29. The van der Waals surface area contributed by atoms with Gasteiger partial charge in [-0.1, -0.05) is 66.8 Å². The van der Waals surface area contributed by atoms with Gasteiger partial charge in [-0.25, -0.2) is 0 Å². The molecule has 10 atom stereocenters. The van der Waals surface area contributed by atoms with E-state index in [0.717, 1.165) is 5.56 Å². The van der Waals surface area contributed by atoms with Gasteiger partial charge in [0.25, 0.3) is 0 Å². The van der Waals surface area contributed by atoms with Crippen molar-refractivity contribution in [1.29, 1.82) is 0 Å². The molecule has 0 saturated carbocycles. The molecule has 2 aliphatic rings. The maximum Gasteiger partial charge on any atom is 0.202 e. The zero-order chi connectivity index (χ0) is 31.3. The van der Waals surface area contributed by atoms with Gasteiger partial charge in [-0.3, -0.25) is 4.79 Å². The molecule has 2 saturated heterocycles. The number of aliphatic hydroxyl groups excluding tert-OH is 7. The Balaban J connectivity index is 1.43. The van der Waals surface area contributed by atoms with Gasteiger partial charge in [-0.15, -0.1) is 0 Å². The van der Waals surface area contributed by atoms with Gasteiger partial charge in [0.05, 0.1) is 31.3 Å². The van der Waals surface area contributed by atoms with Crippen molar-refractivity contribution in [2.75, 3.05) is 26.4 Å². The summed E-state index contributed by atoms with van der Waals surface area (Å²) < 4.78 is 21.7. The first-order chi connectivity index (χ1) is 20.5. The van der Waals surface area contributed by atoms with Crippen molar-refractivity contribution in [1.82, 2.24) is 0 Å². The highest BCUT2D eigenvalue weighted by Gasteiger charge is 2.57. The van der Waals surface area contributed by atoms with E-state index in [9.17, 15) is 45.6 Å². The van der Waals surface area contributed by atoms with Crippen molar-refractivity contribution >= 4 is 22.9 Å². The van der Waals surface area contributed by atoms with E-state index in [-0.39, 0.29) is 18.1 Å². The molecule has 0 aliphatic carbocycles. The number of carbonyl (C=O) groups is 1.